The summed E-state index contributed by atoms with van der Waals surface area (Å²) in [7, 11) is 0. The zero-order valence-corrected chi connectivity index (χ0v) is 17.8. The molecule has 1 fully saturated rings. The molecule has 1 aromatic carbocycles. The summed E-state index contributed by atoms with van der Waals surface area (Å²) in [6.45, 7) is 1.83. The number of allylic oxidation sites excluding steroid dienone is 1. The molecule has 3 aromatic rings. The molecule has 7 heteroatoms. The Hall–Kier alpha value is -3.03. The van der Waals surface area contributed by atoms with Crippen molar-refractivity contribution in [3.63, 3.8) is 0 Å². The monoisotopic (exact) mass is 434 g/mol. The van der Waals surface area contributed by atoms with Crippen LogP contribution >= 0.6 is 11.3 Å². The number of ether oxygens (including phenoxy) is 2. The van der Waals surface area contributed by atoms with Gasteiger partial charge in [-0.15, -0.1) is 11.3 Å². The Morgan fingerprint density at radius 3 is 2.77 bits per heavy atom. The fourth-order valence-electron chi connectivity index (χ4n) is 4.16. The second-order valence-electron chi connectivity index (χ2n) is 7.59. The van der Waals surface area contributed by atoms with E-state index in [1.165, 1.54) is 0 Å². The topological polar surface area (TPSA) is 68.7 Å². The first kappa shape index (κ1) is 19.9. The smallest absolute Gasteiger partial charge is 0.339 e. The van der Waals surface area contributed by atoms with Gasteiger partial charge in [0.1, 0.15) is 0 Å². The number of hydrogen-bond acceptors (Lipinski definition) is 6. The number of aromatic nitrogens is 1. The SMILES string of the molecule is O=C(OCC(=O)N1CCOCC1)c1c2c(nc3ccccc13)C(=Cc1cccs1)CC2. The van der Waals surface area contributed by atoms with Gasteiger partial charge in [-0.3, -0.25) is 4.79 Å². The number of carbonyl (C=O) groups is 2. The normalized spacial score (nSPS) is 17.2. The zero-order chi connectivity index (χ0) is 21.2. The molecule has 0 unspecified atom stereocenters. The van der Waals surface area contributed by atoms with Crippen molar-refractivity contribution in [1.82, 2.24) is 9.88 Å². The van der Waals surface area contributed by atoms with E-state index >= 15 is 0 Å². The first-order valence-electron chi connectivity index (χ1n) is 10.4. The minimum absolute atomic E-state index is 0.190. The Balaban J connectivity index is 1.46. The van der Waals surface area contributed by atoms with E-state index in [0.717, 1.165) is 45.5 Å². The molecule has 1 saturated heterocycles. The van der Waals surface area contributed by atoms with Crippen LogP contribution in [0.25, 0.3) is 22.6 Å². The molecule has 6 nitrogen and oxygen atoms in total. The van der Waals surface area contributed by atoms with Crippen LogP contribution in [0, 0.1) is 0 Å². The number of carbonyl (C=O) groups excluding carboxylic acids is 2. The summed E-state index contributed by atoms with van der Waals surface area (Å²) in [4.78, 5) is 33.3. The fraction of sp³-hybridized carbons (Fsp3) is 0.292. The summed E-state index contributed by atoms with van der Waals surface area (Å²) in [5.74, 6) is -0.654. The number of nitrogens with zero attached hydrogens (tertiary/aromatic N) is 2. The summed E-state index contributed by atoms with van der Waals surface area (Å²) in [6.07, 6.45) is 3.70. The second-order valence-corrected chi connectivity index (χ2v) is 8.56. The standard InChI is InChI=1S/C24H22N2O4S/c27-21(26-9-11-29-12-10-26)15-30-24(28)22-18-5-1-2-6-20(18)25-23-16(7-8-19(22)23)14-17-4-3-13-31-17/h1-6,13-14H,7-12,15H2. The third-order valence-electron chi connectivity index (χ3n) is 5.70. The number of amides is 1. The number of fused-ring (bicyclic) bond motifs is 2. The second kappa shape index (κ2) is 8.61. The molecule has 0 spiro atoms. The van der Waals surface area contributed by atoms with Crippen molar-refractivity contribution in [3.05, 3.63) is 63.5 Å². The van der Waals surface area contributed by atoms with E-state index < -0.39 is 5.97 Å². The van der Waals surface area contributed by atoms with Gasteiger partial charge in [-0.05, 0) is 47.6 Å². The van der Waals surface area contributed by atoms with Gasteiger partial charge in [0.15, 0.2) is 6.61 Å². The summed E-state index contributed by atoms with van der Waals surface area (Å²) >= 11 is 1.68. The van der Waals surface area contributed by atoms with Gasteiger partial charge in [0.2, 0.25) is 0 Å². The predicted molar refractivity (Wildman–Crippen MR) is 120 cm³/mol. The summed E-state index contributed by atoms with van der Waals surface area (Å²) in [5.41, 5.74) is 4.18. The lowest BCUT2D eigenvalue weighted by molar-refractivity contribution is -0.138. The van der Waals surface area contributed by atoms with Crippen molar-refractivity contribution in [2.45, 2.75) is 12.8 Å². The van der Waals surface area contributed by atoms with E-state index in [-0.39, 0.29) is 12.5 Å². The third kappa shape index (κ3) is 3.98. The molecular formula is C24H22N2O4S. The van der Waals surface area contributed by atoms with Crippen LogP contribution in [0.1, 0.15) is 32.9 Å². The molecule has 1 amide bonds. The van der Waals surface area contributed by atoms with Gasteiger partial charge in [0.25, 0.3) is 5.91 Å². The van der Waals surface area contributed by atoms with Crippen molar-refractivity contribution < 1.29 is 19.1 Å². The summed E-state index contributed by atoms with van der Waals surface area (Å²) in [6, 6.07) is 11.7. The number of benzene rings is 1. The first-order valence-corrected chi connectivity index (χ1v) is 11.3. The zero-order valence-electron chi connectivity index (χ0n) is 17.0. The van der Waals surface area contributed by atoms with Crippen LogP contribution in [0.2, 0.25) is 0 Å². The molecule has 2 aromatic heterocycles. The van der Waals surface area contributed by atoms with Crippen molar-refractivity contribution in [1.29, 1.82) is 0 Å². The van der Waals surface area contributed by atoms with Crippen molar-refractivity contribution in [3.8, 4) is 0 Å². The number of hydrogen-bond donors (Lipinski definition) is 0. The molecule has 2 aliphatic rings. The number of thiophene rings is 1. The van der Waals surface area contributed by atoms with Crippen LogP contribution in [0.4, 0.5) is 0 Å². The molecule has 0 N–H and O–H groups in total. The lowest BCUT2D eigenvalue weighted by Gasteiger charge is -2.26. The maximum atomic E-state index is 13.2. The van der Waals surface area contributed by atoms with Gasteiger partial charge in [0.05, 0.1) is 30.0 Å². The average Bonchev–Trinajstić information content (AvgIpc) is 3.47. The largest absolute Gasteiger partial charge is 0.452 e. The quantitative estimate of drug-likeness (QED) is 0.585. The maximum absolute atomic E-state index is 13.2. The van der Waals surface area contributed by atoms with E-state index in [2.05, 4.69) is 12.1 Å². The molecule has 0 radical (unpaired) electrons. The van der Waals surface area contributed by atoms with Gasteiger partial charge in [-0.1, -0.05) is 24.3 Å². The minimum atomic E-state index is -0.464. The molecule has 0 saturated carbocycles. The molecule has 3 heterocycles. The maximum Gasteiger partial charge on any atom is 0.339 e. The fourth-order valence-corrected chi connectivity index (χ4v) is 4.84. The van der Waals surface area contributed by atoms with Crippen molar-refractivity contribution in [2.24, 2.45) is 0 Å². The number of esters is 1. The van der Waals surface area contributed by atoms with Crippen molar-refractivity contribution in [2.75, 3.05) is 32.9 Å². The van der Waals surface area contributed by atoms with Gasteiger partial charge in [0, 0.05) is 23.4 Å². The highest BCUT2D eigenvalue weighted by Crippen LogP contribution is 2.38. The van der Waals surface area contributed by atoms with Crippen LogP contribution in [0.5, 0.6) is 0 Å². The molecule has 31 heavy (non-hydrogen) atoms. The molecule has 5 rings (SSSR count). The Kier molecular flexibility index (Phi) is 5.53. The summed E-state index contributed by atoms with van der Waals surface area (Å²) in [5, 5.41) is 2.81. The number of para-hydroxylation sites is 1. The van der Waals surface area contributed by atoms with E-state index in [9.17, 15) is 9.59 Å². The highest BCUT2D eigenvalue weighted by Gasteiger charge is 2.28. The molecular weight excluding hydrogens is 412 g/mol. The molecule has 0 atom stereocenters. The van der Waals surface area contributed by atoms with E-state index in [1.54, 1.807) is 16.2 Å². The van der Waals surface area contributed by atoms with Crippen LogP contribution in [0.3, 0.4) is 0 Å². The third-order valence-corrected chi connectivity index (χ3v) is 6.52. The molecule has 158 valence electrons. The van der Waals surface area contributed by atoms with E-state index in [0.29, 0.717) is 31.9 Å². The Bertz CT molecular complexity index is 1160. The number of rotatable bonds is 4. The Morgan fingerprint density at radius 1 is 1.13 bits per heavy atom. The lowest BCUT2D eigenvalue weighted by atomic mass is 10.0. The Labute approximate surface area is 184 Å². The van der Waals surface area contributed by atoms with E-state index in [4.69, 9.17) is 14.5 Å². The van der Waals surface area contributed by atoms with Crippen LogP contribution in [-0.2, 0) is 20.7 Å². The van der Waals surface area contributed by atoms with Crippen LogP contribution < -0.4 is 0 Å². The van der Waals surface area contributed by atoms with Crippen LogP contribution in [0.15, 0.2) is 41.8 Å². The predicted octanol–water partition coefficient (Wildman–Crippen LogP) is 3.80. The van der Waals surface area contributed by atoms with Gasteiger partial charge in [-0.2, -0.15) is 0 Å². The highest BCUT2D eigenvalue weighted by molar-refractivity contribution is 7.10. The number of pyridine rings is 1. The highest BCUT2D eigenvalue weighted by atomic mass is 32.1. The lowest BCUT2D eigenvalue weighted by Crippen LogP contribution is -2.42. The minimum Gasteiger partial charge on any atom is -0.452 e. The molecule has 1 aliphatic carbocycles. The molecule has 1 aliphatic heterocycles. The van der Waals surface area contributed by atoms with Gasteiger partial charge in [-0.25, -0.2) is 9.78 Å². The van der Waals surface area contributed by atoms with E-state index in [1.807, 2.05) is 35.7 Å². The average molecular weight is 435 g/mol. The molecule has 0 bridgehead atoms. The van der Waals surface area contributed by atoms with Gasteiger partial charge >= 0.3 is 5.97 Å². The van der Waals surface area contributed by atoms with Gasteiger partial charge < -0.3 is 14.4 Å². The Morgan fingerprint density at radius 2 is 1.97 bits per heavy atom. The van der Waals surface area contributed by atoms with Crippen LogP contribution in [-0.4, -0.2) is 54.7 Å². The first-order chi connectivity index (χ1) is 15.2. The van der Waals surface area contributed by atoms with Crippen molar-refractivity contribution >= 4 is 45.8 Å². The number of morpholine rings is 1. The summed E-state index contributed by atoms with van der Waals surface area (Å²) < 4.78 is 10.8.